The lowest BCUT2D eigenvalue weighted by Gasteiger charge is -2.17. The van der Waals surface area contributed by atoms with E-state index in [1.807, 2.05) is 10.3 Å². The minimum absolute atomic E-state index is 0.00104. The van der Waals surface area contributed by atoms with E-state index in [9.17, 15) is 9.90 Å². The summed E-state index contributed by atoms with van der Waals surface area (Å²) in [7, 11) is 0. The van der Waals surface area contributed by atoms with Gasteiger partial charge in [-0.25, -0.2) is 4.98 Å². The molecular weight excluding hydrogens is 262 g/mol. The average molecular weight is 281 g/mol. The monoisotopic (exact) mass is 281 g/mol. The fourth-order valence-corrected chi connectivity index (χ4v) is 4.00. The van der Waals surface area contributed by atoms with Crippen LogP contribution in [0.3, 0.4) is 0 Å². The third kappa shape index (κ3) is 2.40. The van der Waals surface area contributed by atoms with Crippen LogP contribution in [0.4, 0.5) is 0 Å². The van der Waals surface area contributed by atoms with Gasteiger partial charge in [-0.1, -0.05) is 0 Å². The van der Waals surface area contributed by atoms with Gasteiger partial charge in [-0.3, -0.25) is 4.79 Å². The highest BCUT2D eigenvalue weighted by atomic mass is 32.1. The molecule has 1 amide bonds. The summed E-state index contributed by atoms with van der Waals surface area (Å²) in [6.45, 7) is 2.00. The minimum atomic E-state index is -0.231. The molecule has 1 aliphatic carbocycles. The molecule has 1 saturated heterocycles. The lowest BCUT2D eigenvalue weighted by Crippen LogP contribution is -2.31. The van der Waals surface area contributed by atoms with Gasteiger partial charge < -0.3 is 15.7 Å². The number of thiazole rings is 1. The van der Waals surface area contributed by atoms with Crippen LogP contribution in [0.5, 0.6) is 0 Å². The van der Waals surface area contributed by atoms with Gasteiger partial charge in [0, 0.05) is 30.8 Å². The summed E-state index contributed by atoms with van der Waals surface area (Å²) in [6, 6.07) is 0. The normalized spacial score (nSPS) is 29.8. The topological polar surface area (TPSA) is 79.5 Å². The Balaban J connectivity index is 1.67. The molecule has 1 aliphatic heterocycles. The predicted octanol–water partition coefficient (Wildman–Crippen LogP) is 0.487. The molecule has 3 N–H and O–H groups in total. The largest absolute Gasteiger partial charge is 0.393 e. The summed E-state index contributed by atoms with van der Waals surface area (Å²) in [6.07, 6.45) is 2.41. The summed E-state index contributed by atoms with van der Waals surface area (Å²) < 4.78 is 0. The molecule has 3 unspecified atom stereocenters. The highest BCUT2D eigenvalue weighted by molar-refractivity contribution is 7.09. The molecule has 2 aliphatic rings. The second-order valence-corrected chi connectivity index (χ2v) is 6.39. The number of carbonyl (C=O) groups excluding carboxylic acids is 1. The van der Waals surface area contributed by atoms with Gasteiger partial charge in [-0.2, -0.15) is 0 Å². The molecule has 0 radical (unpaired) electrons. The quantitative estimate of drug-likeness (QED) is 0.845. The first-order valence-corrected chi connectivity index (χ1v) is 7.69. The van der Waals surface area contributed by atoms with Crippen molar-refractivity contribution in [2.75, 3.05) is 19.6 Å². The number of aromatic nitrogens is 1. The maximum Gasteiger partial charge on any atom is 0.273 e. The van der Waals surface area contributed by atoms with Crippen molar-refractivity contribution in [2.45, 2.75) is 25.4 Å². The number of likely N-dealkylation sites (tertiary alicyclic amines) is 1. The number of amides is 1. The van der Waals surface area contributed by atoms with E-state index in [4.69, 9.17) is 5.73 Å². The zero-order valence-electron chi connectivity index (χ0n) is 10.8. The molecule has 6 heteroatoms. The van der Waals surface area contributed by atoms with Crippen LogP contribution in [0.25, 0.3) is 0 Å². The number of rotatable bonds is 3. The van der Waals surface area contributed by atoms with Gasteiger partial charge in [0.05, 0.1) is 11.1 Å². The van der Waals surface area contributed by atoms with E-state index in [1.54, 1.807) is 0 Å². The van der Waals surface area contributed by atoms with Gasteiger partial charge >= 0.3 is 0 Å². The Bertz CT molecular complexity index is 476. The lowest BCUT2D eigenvalue weighted by atomic mass is 10.00. The average Bonchev–Trinajstić information content (AvgIpc) is 3.07. The third-order valence-corrected chi connectivity index (χ3v) is 5.14. The maximum atomic E-state index is 12.4. The van der Waals surface area contributed by atoms with E-state index >= 15 is 0 Å². The molecule has 19 heavy (non-hydrogen) atoms. The highest BCUT2D eigenvalue weighted by Gasteiger charge is 2.43. The van der Waals surface area contributed by atoms with Gasteiger partial charge in [-0.05, 0) is 25.3 Å². The van der Waals surface area contributed by atoms with Crippen molar-refractivity contribution in [3.8, 4) is 0 Å². The number of aliphatic hydroxyl groups is 1. The van der Waals surface area contributed by atoms with E-state index in [2.05, 4.69) is 4.98 Å². The zero-order chi connectivity index (χ0) is 13.4. The number of aliphatic hydroxyl groups excluding tert-OH is 1. The Morgan fingerprint density at radius 1 is 1.53 bits per heavy atom. The van der Waals surface area contributed by atoms with Crippen LogP contribution in [-0.2, 0) is 6.42 Å². The molecule has 3 atom stereocenters. The van der Waals surface area contributed by atoms with Crippen molar-refractivity contribution < 1.29 is 9.90 Å². The molecule has 1 saturated carbocycles. The number of nitrogens with two attached hydrogens (primary N) is 1. The number of fused-ring (bicyclic) bond motifs is 1. The Morgan fingerprint density at radius 2 is 2.37 bits per heavy atom. The number of nitrogens with zero attached hydrogens (tertiary/aromatic N) is 2. The Morgan fingerprint density at radius 3 is 3.11 bits per heavy atom. The molecule has 1 aromatic rings. The Labute approximate surface area is 116 Å². The van der Waals surface area contributed by atoms with Crippen LogP contribution in [0.1, 0.15) is 28.3 Å². The van der Waals surface area contributed by atoms with Gasteiger partial charge in [0.2, 0.25) is 0 Å². The smallest absolute Gasteiger partial charge is 0.273 e. The lowest BCUT2D eigenvalue weighted by molar-refractivity contribution is 0.0747. The van der Waals surface area contributed by atoms with Crippen LogP contribution in [0.15, 0.2) is 5.38 Å². The number of hydrogen-bond donors (Lipinski definition) is 2. The second-order valence-electron chi connectivity index (χ2n) is 5.44. The molecule has 0 aromatic carbocycles. The number of hydrogen-bond acceptors (Lipinski definition) is 5. The molecule has 5 nitrogen and oxygen atoms in total. The first-order chi connectivity index (χ1) is 9.19. The fraction of sp³-hybridized carbons (Fsp3) is 0.692. The maximum absolute atomic E-state index is 12.4. The van der Waals surface area contributed by atoms with Crippen LogP contribution in [0.2, 0.25) is 0 Å². The predicted molar refractivity (Wildman–Crippen MR) is 73.0 cm³/mol. The molecule has 1 aromatic heterocycles. The molecule has 3 rings (SSSR count). The van der Waals surface area contributed by atoms with Crippen molar-refractivity contribution in [3.05, 3.63) is 16.1 Å². The summed E-state index contributed by atoms with van der Waals surface area (Å²) in [5.74, 6) is 0.744. The Hall–Kier alpha value is -0.980. The molecule has 2 heterocycles. The minimum Gasteiger partial charge on any atom is -0.393 e. The number of carbonyl (C=O) groups is 1. The highest BCUT2D eigenvalue weighted by Crippen LogP contribution is 2.38. The van der Waals surface area contributed by atoms with Crippen LogP contribution in [-0.4, -0.2) is 46.6 Å². The van der Waals surface area contributed by atoms with Crippen molar-refractivity contribution in [1.82, 2.24) is 9.88 Å². The van der Waals surface area contributed by atoms with Crippen LogP contribution < -0.4 is 5.73 Å². The van der Waals surface area contributed by atoms with Gasteiger partial charge in [0.1, 0.15) is 5.69 Å². The molecule has 0 bridgehead atoms. The zero-order valence-corrected chi connectivity index (χ0v) is 11.6. The van der Waals surface area contributed by atoms with Gasteiger partial charge in [0.25, 0.3) is 5.91 Å². The summed E-state index contributed by atoms with van der Waals surface area (Å²) >= 11 is 1.50. The molecule has 2 fully saturated rings. The third-order valence-electron chi connectivity index (χ3n) is 4.24. The standard InChI is InChI=1S/C13H19N3O2S/c14-4-3-12-15-10(7-19-12)13(18)16-5-8-1-2-11(17)9(8)6-16/h7-9,11,17H,1-6,14H2. The van der Waals surface area contributed by atoms with Gasteiger partial charge in [0.15, 0.2) is 0 Å². The first-order valence-electron chi connectivity index (χ1n) is 6.81. The van der Waals surface area contributed by atoms with Crippen LogP contribution in [0, 0.1) is 11.8 Å². The van der Waals surface area contributed by atoms with Crippen LogP contribution >= 0.6 is 11.3 Å². The molecule has 0 spiro atoms. The van der Waals surface area contributed by atoms with Crippen molar-refractivity contribution >= 4 is 17.2 Å². The molecular formula is C13H19N3O2S. The van der Waals surface area contributed by atoms with E-state index in [0.29, 0.717) is 24.7 Å². The summed E-state index contributed by atoms with van der Waals surface area (Å²) in [5.41, 5.74) is 6.02. The molecule has 104 valence electrons. The van der Waals surface area contributed by atoms with E-state index < -0.39 is 0 Å². The van der Waals surface area contributed by atoms with Gasteiger partial charge in [-0.15, -0.1) is 11.3 Å². The summed E-state index contributed by atoms with van der Waals surface area (Å²) in [5, 5.41) is 12.6. The SMILES string of the molecule is NCCc1nc(C(=O)N2CC3CCC(O)C3C2)cs1. The van der Waals surface area contributed by atoms with Crippen molar-refractivity contribution in [1.29, 1.82) is 0 Å². The van der Waals surface area contributed by atoms with E-state index in [1.165, 1.54) is 11.3 Å². The van der Waals surface area contributed by atoms with Crippen molar-refractivity contribution in [3.63, 3.8) is 0 Å². The Kier molecular flexibility index (Phi) is 3.56. The fourth-order valence-electron chi connectivity index (χ4n) is 3.21. The van der Waals surface area contributed by atoms with E-state index in [-0.39, 0.29) is 17.9 Å². The first kappa shape index (κ1) is 13.0. The van der Waals surface area contributed by atoms with E-state index in [0.717, 1.165) is 30.8 Å². The summed E-state index contributed by atoms with van der Waals surface area (Å²) in [4.78, 5) is 18.5. The van der Waals surface area contributed by atoms with Crippen molar-refractivity contribution in [2.24, 2.45) is 17.6 Å². The second kappa shape index (κ2) is 5.19.